The lowest BCUT2D eigenvalue weighted by Gasteiger charge is -2.08. The van der Waals surface area contributed by atoms with Crippen molar-refractivity contribution in [1.82, 2.24) is 5.32 Å². The maximum atomic E-state index is 11.3. The molecule has 1 N–H and O–H groups in total. The summed E-state index contributed by atoms with van der Waals surface area (Å²) < 4.78 is 10.2. The third-order valence-electron chi connectivity index (χ3n) is 2.25. The molecule has 1 rings (SSSR count). The second-order valence-corrected chi connectivity index (χ2v) is 3.92. The molecule has 1 amide bonds. The van der Waals surface area contributed by atoms with Crippen molar-refractivity contribution >= 4 is 11.9 Å². The summed E-state index contributed by atoms with van der Waals surface area (Å²) in [6.07, 6.45) is 1.05. The van der Waals surface area contributed by atoms with Gasteiger partial charge in [-0.3, -0.25) is 9.59 Å². The zero-order valence-electron chi connectivity index (χ0n) is 11.1. The fourth-order valence-corrected chi connectivity index (χ4v) is 1.35. The lowest BCUT2D eigenvalue weighted by molar-refractivity contribution is -0.148. The minimum absolute atomic E-state index is 0.232. The van der Waals surface area contributed by atoms with Crippen molar-refractivity contribution < 1.29 is 19.1 Å². The number of amides is 1. The van der Waals surface area contributed by atoms with Crippen LogP contribution in [0, 0.1) is 0 Å². The van der Waals surface area contributed by atoms with Crippen LogP contribution < -0.4 is 10.1 Å². The van der Waals surface area contributed by atoms with E-state index < -0.39 is 0 Å². The van der Waals surface area contributed by atoms with E-state index in [1.165, 1.54) is 0 Å². The second-order valence-electron chi connectivity index (χ2n) is 3.92. The van der Waals surface area contributed by atoms with Gasteiger partial charge >= 0.3 is 5.97 Å². The van der Waals surface area contributed by atoms with Crippen LogP contribution in [0.5, 0.6) is 5.75 Å². The highest BCUT2D eigenvalue weighted by atomic mass is 16.5. The zero-order chi connectivity index (χ0) is 13.9. The molecule has 0 fully saturated rings. The standard InChI is InChI=1S/C14H19NO4/c1-2-6-14(17)19-11-13(16)15-9-10-18-12-7-4-3-5-8-12/h3-5,7-8H,2,6,9-11H2,1H3,(H,15,16). The summed E-state index contributed by atoms with van der Waals surface area (Å²) in [4.78, 5) is 22.4. The highest BCUT2D eigenvalue weighted by molar-refractivity contribution is 5.80. The van der Waals surface area contributed by atoms with Gasteiger partial charge in [-0.05, 0) is 18.6 Å². The van der Waals surface area contributed by atoms with E-state index in [9.17, 15) is 9.59 Å². The Kier molecular flexibility index (Phi) is 7.09. The van der Waals surface area contributed by atoms with Crippen molar-refractivity contribution in [3.05, 3.63) is 30.3 Å². The molecular formula is C14H19NO4. The lowest BCUT2D eigenvalue weighted by Crippen LogP contribution is -2.32. The van der Waals surface area contributed by atoms with Crippen molar-refractivity contribution in [2.24, 2.45) is 0 Å². The van der Waals surface area contributed by atoms with Crippen LogP contribution in [0.25, 0.3) is 0 Å². The molecule has 0 saturated heterocycles. The quantitative estimate of drug-likeness (QED) is 0.572. The number of benzene rings is 1. The summed E-state index contributed by atoms with van der Waals surface area (Å²) in [5.74, 6) is 0.0884. The first-order valence-electron chi connectivity index (χ1n) is 6.32. The largest absolute Gasteiger partial charge is 0.492 e. The highest BCUT2D eigenvalue weighted by Gasteiger charge is 2.05. The number of rotatable bonds is 8. The number of nitrogens with one attached hydrogen (secondary N) is 1. The van der Waals surface area contributed by atoms with E-state index in [-0.39, 0.29) is 18.5 Å². The molecule has 104 valence electrons. The first-order valence-corrected chi connectivity index (χ1v) is 6.32. The summed E-state index contributed by atoms with van der Waals surface area (Å²) in [6, 6.07) is 9.34. The summed E-state index contributed by atoms with van der Waals surface area (Å²) in [6.45, 7) is 2.39. The zero-order valence-corrected chi connectivity index (χ0v) is 11.1. The van der Waals surface area contributed by atoms with Crippen LogP contribution in [0.3, 0.4) is 0 Å². The average molecular weight is 265 g/mol. The maximum absolute atomic E-state index is 11.3. The lowest BCUT2D eigenvalue weighted by atomic mass is 10.3. The molecule has 1 aromatic carbocycles. The number of carbonyl (C=O) groups is 2. The first kappa shape index (κ1) is 15.0. The number of ether oxygens (including phenoxy) is 2. The maximum Gasteiger partial charge on any atom is 0.306 e. The third-order valence-corrected chi connectivity index (χ3v) is 2.25. The molecule has 0 aliphatic rings. The highest BCUT2D eigenvalue weighted by Crippen LogP contribution is 2.07. The second kappa shape index (κ2) is 8.97. The van der Waals surface area contributed by atoms with Gasteiger partial charge in [0.15, 0.2) is 6.61 Å². The number of esters is 1. The molecule has 0 aliphatic heterocycles. The minimum atomic E-state index is -0.349. The Morgan fingerprint density at radius 3 is 2.63 bits per heavy atom. The van der Waals surface area contributed by atoms with E-state index >= 15 is 0 Å². The van der Waals surface area contributed by atoms with Crippen molar-refractivity contribution in [3.8, 4) is 5.75 Å². The molecule has 0 unspecified atom stereocenters. The normalized spacial score (nSPS) is 9.74. The fraction of sp³-hybridized carbons (Fsp3) is 0.429. The van der Waals surface area contributed by atoms with Crippen molar-refractivity contribution in [2.75, 3.05) is 19.8 Å². The molecule has 5 nitrogen and oxygen atoms in total. The van der Waals surface area contributed by atoms with Gasteiger partial charge in [-0.15, -0.1) is 0 Å². The van der Waals surface area contributed by atoms with E-state index in [2.05, 4.69) is 5.32 Å². The van der Waals surface area contributed by atoms with Crippen LogP contribution in [-0.4, -0.2) is 31.6 Å². The molecule has 0 radical (unpaired) electrons. The number of hydrogen-bond donors (Lipinski definition) is 1. The van der Waals surface area contributed by atoms with Crippen LogP contribution >= 0.6 is 0 Å². The molecular weight excluding hydrogens is 246 g/mol. The van der Waals surface area contributed by atoms with Gasteiger partial charge in [-0.2, -0.15) is 0 Å². The van der Waals surface area contributed by atoms with Crippen LogP contribution in [0.4, 0.5) is 0 Å². The van der Waals surface area contributed by atoms with Gasteiger partial charge in [-0.1, -0.05) is 25.1 Å². The van der Waals surface area contributed by atoms with E-state index in [1.54, 1.807) is 0 Å². The molecule has 0 bridgehead atoms. The van der Waals surface area contributed by atoms with E-state index in [1.807, 2.05) is 37.3 Å². The summed E-state index contributed by atoms with van der Waals surface area (Å²) in [7, 11) is 0. The molecule has 0 saturated carbocycles. The van der Waals surface area contributed by atoms with Gasteiger partial charge in [0, 0.05) is 6.42 Å². The Morgan fingerprint density at radius 2 is 1.95 bits per heavy atom. The molecule has 0 heterocycles. The van der Waals surface area contributed by atoms with Crippen molar-refractivity contribution in [2.45, 2.75) is 19.8 Å². The van der Waals surface area contributed by atoms with Gasteiger partial charge in [0.05, 0.1) is 6.54 Å². The molecule has 1 aromatic rings. The predicted octanol–water partition coefficient (Wildman–Crippen LogP) is 1.52. The Morgan fingerprint density at radius 1 is 1.21 bits per heavy atom. The molecule has 0 atom stereocenters. The average Bonchev–Trinajstić information content (AvgIpc) is 2.43. The fourth-order valence-electron chi connectivity index (χ4n) is 1.35. The Labute approximate surface area is 112 Å². The molecule has 5 heteroatoms. The van der Waals surface area contributed by atoms with Crippen LogP contribution in [0.2, 0.25) is 0 Å². The molecule has 0 spiro atoms. The molecule has 0 aromatic heterocycles. The topological polar surface area (TPSA) is 64.6 Å². The number of para-hydroxylation sites is 1. The number of carbonyl (C=O) groups excluding carboxylic acids is 2. The predicted molar refractivity (Wildman–Crippen MR) is 70.8 cm³/mol. The monoisotopic (exact) mass is 265 g/mol. The Balaban J connectivity index is 2.06. The minimum Gasteiger partial charge on any atom is -0.492 e. The van der Waals surface area contributed by atoms with E-state index in [0.29, 0.717) is 26.0 Å². The summed E-state index contributed by atoms with van der Waals surface area (Å²) in [5, 5.41) is 2.61. The van der Waals surface area contributed by atoms with Gasteiger partial charge in [0.25, 0.3) is 5.91 Å². The van der Waals surface area contributed by atoms with Crippen molar-refractivity contribution in [1.29, 1.82) is 0 Å². The van der Waals surface area contributed by atoms with Crippen LogP contribution in [-0.2, 0) is 14.3 Å². The van der Waals surface area contributed by atoms with Crippen LogP contribution in [0.1, 0.15) is 19.8 Å². The summed E-state index contributed by atoms with van der Waals surface area (Å²) in [5.41, 5.74) is 0. The Hall–Kier alpha value is -2.04. The van der Waals surface area contributed by atoms with E-state index in [0.717, 1.165) is 5.75 Å². The summed E-state index contributed by atoms with van der Waals surface area (Å²) >= 11 is 0. The van der Waals surface area contributed by atoms with Gasteiger partial charge < -0.3 is 14.8 Å². The third kappa shape index (κ3) is 7.08. The van der Waals surface area contributed by atoms with Gasteiger partial charge in [-0.25, -0.2) is 0 Å². The number of hydrogen-bond acceptors (Lipinski definition) is 4. The van der Waals surface area contributed by atoms with Gasteiger partial charge in [0.1, 0.15) is 12.4 Å². The Bertz CT molecular complexity index is 392. The van der Waals surface area contributed by atoms with Gasteiger partial charge in [0.2, 0.25) is 0 Å². The molecule has 0 aliphatic carbocycles. The molecule has 19 heavy (non-hydrogen) atoms. The van der Waals surface area contributed by atoms with Crippen molar-refractivity contribution in [3.63, 3.8) is 0 Å². The van der Waals surface area contributed by atoms with E-state index in [4.69, 9.17) is 9.47 Å². The SMILES string of the molecule is CCCC(=O)OCC(=O)NCCOc1ccccc1. The van der Waals surface area contributed by atoms with Crippen LogP contribution in [0.15, 0.2) is 30.3 Å². The first-order chi connectivity index (χ1) is 9.22. The smallest absolute Gasteiger partial charge is 0.306 e.